The van der Waals surface area contributed by atoms with Gasteiger partial charge in [0.25, 0.3) is 0 Å². The maximum atomic E-state index is 11.9. The molecule has 0 bridgehead atoms. The van der Waals surface area contributed by atoms with Gasteiger partial charge in [0.2, 0.25) is 0 Å². The van der Waals surface area contributed by atoms with Crippen LogP contribution in [0.1, 0.15) is 40.0 Å². The van der Waals surface area contributed by atoms with E-state index in [1.54, 1.807) is 0 Å². The van der Waals surface area contributed by atoms with E-state index in [1.807, 2.05) is 20.8 Å². The number of nitrogens with zero attached hydrogens (tertiary/aromatic N) is 1. The third-order valence-corrected chi connectivity index (χ3v) is 2.53. The molecule has 1 atom stereocenters. The standard InChI is InChI=1S/C11H20N2O3/c1-11(2,3)12-10(16)13-7-5-4-6-8(13)9(14)15/h8H,4-7H2,1-3H3,(H,12,16)(H,14,15)/t8-/m0/s1. The summed E-state index contributed by atoms with van der Waals surface area (Å²) in [4.78, 5) is 24.3. The van der Waals surface area contributed by atoms with E-state index >= 15 is 0 Å². The van der Waals surface area contributed by atoms with Crippen LogP contribution in [0.2, 0.25) is 0 Å². The SMILES string of the molecule is CC(C)(C)NC(=O)N1CCCC[C@H]1C(=O)O. The molecule has 0 aromatic carbocycles. The summed E-state index contributed by atoms with van der Waals surface area (Å²) in [6.07, 6.45) is 2.30. The zero-order valence-electron chi connectivity index (χ0n) is 10.1. The molecule has 92 valence electrons. The second-order valence-corrected chi connectivity index (χ2v) is 5.22. The highest BCUT2D eigenvalue weighted by molar-refractivity contribution is 5.83. The predicted molar refractivity (Wildman–Crippen MR) is 60.3 cm³/mol. The van der Waals surface area contributed by atoms with E-state index in [1.165, 1.54) is 4.90 Å². The number of carbonyl (C=O) groups is 2. The Labute approximate surface area is 95.8 Å². The maximum Gasteiger partial charge on any atom is 0.326 e. The second-order valence-electron chi connectivity index (χ2n) is 5.22. The number of amides is 2. The topological polar surface area (TPSA) is 69.6 Å². The number of carboxylic acids is 1. The lowest BCUT2D eigenvalue weighted by molar-refractivity contribution is -0.143. The predicted octanol–water partition coefficient (Wildman–Crippen LogP) is 1.43. The zero-order chi connectivity index (χ0) is 12.3. The molecule has 1 rings (SSSR count). The summed E-state index contributed by atoms with van der Waals surface area (Å²) in [7, 11) is 0. The number of hydrogen-bond donors (Lipinski definition) is 2. The van der Waals surface area contributed by atoms with Crippen molar-refractivity contribution in [2.24, 2.45) is 0 Å². The number of aliphatic carboxylic acids is 1. The molecule has 0 aromatic rings. The number of carboxylic acid groups (broad SMARTS) is 1. The Morgan fingerprint density at radius 3 is 2.44 bits per heavy atom. The van der Waals surface area contributed by atoms with Crippen molar-refractivity contribution in [3.8, 4) is 0 Å². The molecule has 1 saturated heterocycles. The molecule has 0 aliphatic carbocycles. The minimum atomic E-state index is -0.913. The number of rotatable bonds is 1. The van der Waals surface area contributed by atoms with Crippen LogP contribution in [0.4, 0.5) is 4.79 Å². The van der Waals surface area contributed by atoms with E-state index in [-0.39, 0.29) is 11.6 Å². The molecular weight excluding hydrogens is 208 g/mol. The van der Waals surface area contributed by atoms with Crippen molar-refractivity contribution >= 4 is 12.0 Å². The number of nitrogens with one attached hydrogen (secondary N) is 1. The molecule has 5 heteroatoms. The van der Waals surface area contributed by atoms with Crippen LogP contribution >= 0.6 is 0 Å². The second kappa shape index (κ2) is 4.72. The van der Waals surface area contributed by atoms with Gasteiger partial charge in [-0.3, -0.25) is 0 Å². The summed E-state index contributed by atoms with van der Waals surface area (Å²) in [6.45, 7) is 6.17. The van der Waals surface area contributed by atoms with Crippen molar-refractivity contribution in [3.63, 3.8) is 0 Å². The van der Waals surface area contributed by atoms with Gasteiger partial charge < -0.3 is 15.3 Å². The van der Waals surface area contributed by atoms with E-state index in [9.17, 15) is 9.59 Å². The van der Waals surface area contributed by atoms with Crippen LogP contribution in [0, 0.1) is 0 Å². The van der Waals surface area contributed by atoms with Crippen LogP contribution in [-0.4, -0.2) is 40.1 Å². The molecule has 1 aliphatic rings. The van der Waals surface area contributed by atoms with Gasteiger partial charge in [-0.1, -0.05) is 0 Å². The molecule has 2 N–H and O–H groups in total. The summed E-state index contributed by atoms with van der Waals surface area (Å²) < 4.78 is 0. The van der Waals surface area contributed by atoms with Crippen molar-refractivity contribution in [2.45, 2.75) is 51.6 Å². The molecule has 0 unspecified atom stereocenters. The average molecular weight is 228 g/mol. The number of piperidine rings is 1. The molecule has 1 heterocycles. The van der Waals surface area contributed by atoms with Gasteiger partial charge >= 0.3 is 12.0 Å². The third-order valence-electron chi connectivity index (χ3n) is 2.53. The molecule has 16 heavy (non-hydrogen) atoms. The lowest BCUT2D eigenvalue weighted by Crippen LogP contribution is -2.55. The van der Waals surface area contributed by atoms with Gasteiger partial charge in [0.15, 0.2) is 0 Å². The lowest BCUT2D eigenvalue weighted by Gasteiger charge is -2.35. The molecule has 0 saturated carbocycles. The Morgan fingerprint density at radius 2 is 1.94 bits per heavy atom. The molecule has 0 spiro atoms. The first-order chi connectivity index (χ1) is 7.31. The van der Waals surface area contributed by atoms with Gasteiger partial charge in [0, 0.05) is 12.1 Å². The normalized spacial score (nSPS) is 21.7. The Balaban J connectivity index is 2.68. The van der Waals surface area contributed by atoms with Crippen LogP contribution in [-0.2, 0) is 4.79 Å². The van der Waals surface area contributed by atoms with Gasteiger partial charge in [0.05, 0.1) is 0 Å². The van der Waals surface area contributed by atoms with E-state index in [0.29, 0.717) is 13.0 Å². The van der Waals surface area contributed by atoms with E-state index in [0.717, 1.165) is 12.8 Å². The molecule has 1 fully saturated rings. The fourth-order valence-electron chi connectivity index (χ4n) is 1.82. The van der Waals surface area contributed by atoms with Gasteiger partial charge in [-0.25, -0.2) is 9.59 Å². The van der Waals surface area contributed by atoms with Crippen molar-refractivity contribution in [2.75, 3.05) is 6.54 Å². The van der Waals surface area contributed by atoms with Gasteiger partial charge in [0.1, 0.15) is 6.04 Å². The molecule has 2 amide bonds. The first-order valence-corrected chi connectivity index (χ1v) is 5.63. The van der Waals surface area contributed by atoms with Gasteiger partial charge in [-0.05, 0) is 40.0 Å². The Bertz CT molecular complexity index is 283. The largest absolute Gasteiger partial charge is 0.480 e. The molecular formula is C11H20N2O3. The monoisotopic (exact) mass is 228 g/mol. The van der Waals surface area contributed by atoms with Crippen LogP contribution in [0.5, 0.6) is 0 Å². The minimum Gasteiger partial charge on any atom is -0.480 e. The fourth-order valence-corrected chi connectivity index (χ4v) is 1.82. The Kier molecular flexibility index (Phi) is 3.78. The number of urea groups is 1. The van der Waals surface area contributed by atoms with Crippen molar-refractivity contribution in [1.82, 2.24) is 10.2 Å². The Hall–Kier alpha value is -1.26. The highest BCUT2D eigenvalue weighted by atomic mass is 16.4. The molecule has 0 aromatic heterocycles. The first kappa shape index (κ1) is 12.8. The average Bonchev–Trinajstić information content (AvgIpc) is 2.15. The summed E-state index contributed by atoms with van der Waals surface area (Å²) >= 11 is 0. The summed E-state index contributed by atoms with van der Waals surface area (Å²) in [5, 5.41) is 11.8. The zero-order valence-corrected chi connectivity index (χ0v) is 10.1. The van der Waals surface area contributed by atoms with E-state index < -0.39 is 12.0 Å². The summed E-state index contributed by atoms with van der Waals surface area (Å²) in [5.74, 6) is -0.913. The van der Waals surface area contributed by atoms with Crippen LogP contribution in [0.15, 0.2) is 0 Å². The number of likely N-dealkylation sites (tertiary alicyclic amines) is 1. The molecule has 5 nitrogen and oxygen atoms in total. The minimum absolute atomic E-state index is 0.278. The lowest BCUT2D eigenvalue weighted by atomic mass is 10.0. The van der Waals surface area contributed by atoms with Crippen LogP contribution in [0.25, 0.3) is 0 Å². The van der Waals surface area contributed by atoms with Gasteiger partial charge in [-0.2, -0.15) is 0 Å². The third kappa shape index (κ3) is 3.40. The van der Waals surface area contributed by atoms with Crippen molar-refractivity contribution in [3.05, 3.63) is 0 Å². The van der Waals surface area contributed by atoms with E-state index in [4.69, 9.17) is 5.11 Å². The number of hydrogen-bond acceptors (Lipinski definition) is 2. The highest BCUT2D eigenvalue weighted by Gasteiger charge is 2.33. The smallest absolute Gasteiger partial charge is 0.326 e. The van der Waals surface area contributed by atoms with Crippen LogP contribution < -0.4 is 5.32 Å². The first-order valence-electron chi connectivity index (χ1n) is 5.63. The Morgan fingerprint density at radius 1 is 1.31 bits per heavy atom. The molecule has 1 aliphatic heterocycles. The van der Waals surface area contributed by atoms with Crippen molar-refractivity contribution < 1.29 is 14.7 Å². The highest BCUT2D eigenvalue weighted by Crippen LogP contribution is 2.17. The number of carbonyl (C=O) groups excluding carboxylic acids is 1. The van der Waals surface area contributed by atoms with Crippen molar-refractivity contribution in [1.29, 1.82) is 0 Å². The fraction of sp³-hybridized carbons (Fsp3) is 0.818. The van der Waals surface area contributed by atoms with Gasteiger partial charge in [-0.15, -0.1) is 0 Å². The summed E-state index contributed by atoms with van der Waals surface area (Å²) in [5.41, 5.74) is -0.336. The molecule has 0 radical (unpaired) electrons. The maximum absolute atomic E-state index is 11.9. The summed E-state index contributed by atoms with van der Waals surface area (Å²) in [6, 6.07) is -0.948. The van der Waals surface area contributed by atoms with Crippen LogP contribution in [0.3, 0.4) is 0 Å². The van der Waals surface area contributed by atoms with E-state index in [2.05, 4.69) is 5.32 Å². The quantitative estimate of drug-likeness (QED) is 0.713.